The van der Waals surface area contributed by atoms with Gasteiger partial charge in [0.25, 0.3) is 0 Å². The SMILES string of the molecule is Brc1cccc(C2(c3cccc(Br)c3)c3ccccc3C(c3cccc(Br)c3)(c3cccc(Br)c3)c3ccccc32)c1. The van der Waals surface area contributed by atoms with Crippen LogP contribution in [0.15, 0.2) is 163 Å². The Bertz CT molecular complexity index is 1670. The first kappa shape index (κ1) is 28.0. The zero-order chi connectivity index (χ0) is 28.9. The summed E-state index contributed by atoms with van der Waals surface area (Å²) in [5.74, 6) is 0. The van der Waals surface area contributed by atoms with Crippen LogP contribution in [0.1, 0.15) is 44.5 Å². The number of fused-ring (bicyclic) bond motifs is 2. The van der Waals surface area contributed by atoms with Crippen molar-refractivity contribution in [3.05, 3.63) is 208 Å². The maximum Gasteiger partial charge on any atom is 0.0708 e. The standard InChI is InChI=1S/C38H24Br4/c39-29-13-5-9-25(21-29)37(26-10-6-14-30(40)22-26)33-17-1-2-18-34(33)38(27-11-7-15-31(41)23-27,28-12-8-16-32(42)24-28)36-20-4-3-19-35(36)37/h1-24H. The molecule has 0 heterocycles. The molecule has 0 saturated heterocycles. The molecule has 1 aliphatic rings. The van der Waals surface area contributed by atoms with Crippen LogP contribution in [0.3, 0.4) is 0 Å². The van der Waals surface area contributed by atoms with E-state index in [0.717, 1.165) is 17.9 Å². The monoisotopic (exact) mass is 796 g/mol. The molecule has 0 amide bonds. The Kier molecular flexibility index (Phi) is 7.38. The number of benzene rings is 6. The van der Waals surface area contributed by atoms with Crippen LogP contribution in [0.25, 0.3) is 0 Å². The molecule has 1 aliphatic carbocycles. The molecule has 0 atom stereocenters. The highest BCUT2D eigenvalue weighted by molar-refractivity contribution is 9.11. The van der Waals surface area contributed by atoms with E-state index in [1.54, 1.807) is 0 Å². The molecule has 6 aromatic carbocycles. The molecule has 0 N–H and O–H groups in total. The second kappa shape index (κ2) is 11.1. The van der Waals surface area contributed by atoms with Crippen LogP contribution in [0.5, 0.6) is 0 Å². The summed E-state index contributed by atoms with van der Waals surface area (Å²) >= 11 is 15.2. The number of rotatable bonds is 4. The zero-order valence-corrected chi connectivity index (χ0v) is 28.7. The number of hydrogen-bond donors (Lipinski definition) is 0. The molecule has 0 fully saturated rings. The molecule has 204 valence electrons. The highest BCUT2D eigenvalue weighted by Crippen LogP contribution is 2.60. The van der Waals surface area contributed by atoms with Crippen molar-refractivity contribution < 1.29 is 0 Å². The molecule has 4 heteroatoms. The fourth-order valence-electron chi connectivity index (χ4n) is 7.03. The molecule has 0 unspecified atom stereocenters. The van der Waals surface area contributed by atoms with Gasteiger partial charge in [-0.3, -0.25) is 0 Å². The van der Waals surface area contributed by atoms with Gasteiger partial charge >= 0.3 is 0 Å². The Morgan fingerprint density at radius 3 is 0.738 bits per heavy atom. The van der Waals surface area contributed by atoms with E-state index in [0.29, 0.717) is 0 Å². The van der Waals surface area contributed by atoms with E-state index in [1.807, 2.05) is 0 Å². The predicted octanol–water partition coefficient (Wildman–Crippen LogP) is 11.8. The molecule has 42 heavy (non-hydrogen) atoms. The van der Waals surface area contributed by atoms with Gasteiger partial charge in [-0.15, -0.1) is 0 Å². The fraction of sp³-hybridized carbons (Fsp3) is 0.0526. The summed E-state index contributed by atoms with van der Waals surface area (Å²) in [4.78, 5) is 0. The van der Waals surface area contributed by atoms with Gasteiger partial charge in [0.2, 0.25) is 0 Å². The molecular formula is C38H24Br4. The van der Waals surface area contributed by atoms with Gasteiger partial charge in [-0.1, -0.05) is 161 Å². The Balaban J connectivity index is 1.74. The summed E-state index contributed by atoms with van der Waals surface area (Å²) in [6.45, 7) is 0. The van der Waals surface area contributed by atoms with E-state index in [9.17, 15) is 0 Å². The van der Waals surface area contributed by atoms with E-state index in [1.165, 1.54) is 44.5 Å². The maximum atomic E-state index is 3.81. The number of hydrogen-bond acceptors (Lipinski definition) is 0. The summed E-state index contributed by atoms with van der Waals surface area (Å²) in [6, 6.07) is 53.2. The third-order valence-corrected chi connectivity index (χ3v) is 10.5. The molecular weight excluding hydrogens is 776 g/mol. The van der Waals surface area contributed by atoms with Crippen LogP contribution in [-0.4, -0.2) is 0 Å². The van der Waals surface area contributed by atoms with Gasteiger partial charge in [0.1, 0.15) is 0 Å². The average molecular weight is 800 g/mol. The van der Waals surface area contributed by atoms with Crippen LogP contribution in [-0.2, 0) is 10.8 Å². The minimum Gasteiger partial charge on any atom is -0.0619 e. The zero-order valence-electron chi connectivity index (χ0n) is 22.4. The van der Waals surface area contributed by atoms with Crippen molar-refractivity contribution in [2.24, 2.45) is 0 Å². The quantitative estimate of drug-likeness (QED) is 0.166. The highest BCUT2D eigenvalue weighted by atomic mass is 79.9. The van der Waals surface area contributed by atoms with E-state index in [-0.39, 0.29) is 0 Å². The lowest BCUT2D eigenvalue weighted by molar-refractivity contribution is 0.614. The van der Waals surface area contributed by atoms with Gasteiger partial charge in [0, 0.05) is 17.9 Å². The van der Waals surface area contributed by atoms with E-state index < -0.39 is 10.8 Å². The summed E-state index contributed by atoms with van der Waals surface area (Å²) < 4.78 is 4.22. The van der Waals surface area contributed by atoms with Crippen molar-refractivity contribution in [2.45, 2.75) is 10.8 Å². The summed E-state index contributed by atoms with van der Waals surface area (Å²) in [5.41, 5.74) is 8.78. The topological polar surface area (TPSA) is 0 Å². The second-order valence-electron chi connectivity index (χ2n) is 10.6. The third kappa shape index (κ3) is 4.25. The smallest absolute Gasteiger partial charge is 0.0619 e. The molecule has 0 radical (unpaired) electrons. The van der Waals surface area contributed by atoms with Crippen LogP contribution < -0.4 is 0 Å². The normalized spacial score (nSPS) is 14.6. The van der Waals surface area contributed by atoms with Gasteiger partial charge in [0.05, 0.1) is 10.8 Å². The Labute approximate surface area is 280 Å². The van der Waals surface area contributed by atoms with Crippen molar-refractivity contribution >= 4 is 63.7 Å². The predicted molar refractivity (Wildman–Crippen MR) is 187 cm³/mol. The minimum absolute atomic E-state index is 0.567. The Hall–Kier alpha value is -2.76. The molecule has 0 spiro atoms. The third-order valence-electron chi connectivity index (χ3n) is 8.50. The van der Waals surface area contributed by atoms with Gasteiger partial charge < -0.3 is 0 Å². The highest BCUT2D eigenvalue weighted by Gasteiger charge is 2.53. The van der Waals surface area contributed by atoms with E-state index >= 15 is 0 Å². The molecule has 0 aliphatic heterocycles. The first-order valence-electron chi connectivity index (χ1n) is 13.7. The van der Waals surface area contributed by atoms with Gasteiger partial charge in [-0.2, -0.15) is 0 Å². The summed E-state index contributed by atoms with van der Waals surface area (Å²) in [6.07, 6.45) is 0. The first-order chi connectivity index (χ1) is 20.5. The summed E-state index contributed by atoms with van der Waals surface area (Å²) in [5, 5.41) is 0. The van der Waals surface area contributed by atoms with Crippen molar-refractivity contribution in [1.29, 1.82) is 0 Å². The first-order valence-corrected chi connectivity index (χ1v) is 16.9. The Morgan fingerprint density at radius 1 is 0.286 bits per heavy atom. The van der Waals surface area contributed by atoms with Crippen molar-refractivity contribution in [3.63, 3.8) is 0 Å². The van der Waals surface area contributed by atoms with E-state index in [4.69, 9.17) is 0 Å². The van der Waals surface area contributed by atoms with Gasteiger partial charge in [0.15, 0.2) is 0 Å². The van der Waals surface area contributed by atoms with Crippen LogP contribution in [0, 0.1) is 0 Å². The summed E-state index contributed by atoms with van der Waals surface area (Å²) in [7, 11) is 0. The molecule has 0 saturated carbocycles. The molecule has 0 nitrogen and oxygen atoms in total. The lowest BCUT2D eigenvalue weighted by Crippen LogP contribution is -2.45. The molecule has 0 aromatic heterocycles. The molecule has 6 aromatic rings. The lowest BCUT2D eigenvalue weighted by Gasteiger charge is -2.51. The van der Waals surface area contributed by atoms with Crippen molar-refractivity contribution in [2.75, 3.05) is 0 Å². The molecule has 0 bridgehead atoms. The van der Waals surface area contributed by atoms with Crippen molar-refractivity contribution in [1.82, 2.24) is 0 Å². The van der Waals surface area contributed by atoms with Crippen LogP contribution >= 0.6 is 63.7 Å². The average Bonchev–Trinajstić information content (AvgIpc) is 3.00. The van der Waals surface area contributed by atoms with Crippen LogP contribution in [0.2, 0.25) is 0 Å². The number of halogens is 4. The Morgan fingerprint density at radius 2 is 0.524 bits per heavy atom. The largest absolute Gasteiger partial charge is 0.0708 e. The van der Waals surface area contributed by atoms with Gasteiger partial charge in [-0.25, -0.2) is 0 Å². The lowest BCUT2D eigenvalue weighted by atomic mass is 9.50. The second-order valence-corrected chi connectivity index (χ2v) is 14.3. The maximum absolute atomic E-state index is 3.81. The fourth-order valence-corrected chi connectivity index (χ4v) is 8.63. The van der Waals surface area contributed by atoms with Crippen LogP contribution in [0.4, 0.5) is 0 Å². The molecule has 7 rings (SSSR count). The van der Waals surface area contributed by atoms with Gasteiger partial charge in [-0.05, 0) is 93.0 Å². The minimum atomic E-state index is -0.567. The van der Waals surface area contributed by atoms with Crippen molar-refractivity contribution in [3.8, 4) is 0 Å². The van der Waals surface area contributed by atoms with E-state index in [2.05, 4.69) is 209 Å².